The van der Waals surface area contributed by atoms with Crippen molar-refractivity contribution in [1.29, 1.82) is 0 Å². The third-order valence-electron chi connectivity index (χ3n) is 3.41. The molecule has 0 N–H and O–H groups in total. The summed E-state index contributed by atoms with van der Waals surface area (Å²) in [7, 11) is 0. The quantitative estimate of drug-likeness (QED) is 0.806. The van der Waals surface area contributed by atoms with Crippen LogP contribution in [0, 0.1) is 0 Å². The number of Topliss-reactive ketones (excluding diaryl/α,β-unsaturated/α-hetero) is 2. The summed E-state index contributed by atoms with van der Waals surface area (Å²) in [6.45, 7) is 3.31. The number of ketones is 2. The predicted octanol–water partition coefficient (Wildman–Crippen LogP) is 2.69. The largest absolute Gasteiger partial charge is 0.300 e. The molecule has 0 amide bonds. The lowest BCUT2D eigenvalue weighted by atomic mass is 10.0. The molecule has 0 radical (unpaired) electrons. The van der Waals surface area contributed by atoms with Gasteiger partial charge in [-0.3, -0.25) is 14.5 Å². The fourth-order valence-electron chi connectivity index (χ4n) is 2.18. The van der Waals surface area contributed by atoms with E-state index in [1.807, 2.05) is 31.2 Å². The maximum atomic E-state index is 12.3. The summed E-state index contributed by atoms with van der Waals surface area (Å²) in [5, 5.41) is 0. The highest BCUT2D eigenvalue weighted by molar-refractivity contribution is 9.10. The van der Waals surface area contributed by atoms with Gasteiger partial charge in [-0.25, -0.2) is 0 Å². The van der Waals surface area contributed by atoms with Crippen molar-refractivity contribution in [2.24, 2.45) is 0 Å². The van der Waals surface area contributed by atoms with Gasteiger partial charge in [-0.1, -0.05) is 28.1 Å². The smallest absolute Gasteiger partial charge is 0.179 e. The van der Waals surface area contributed by atoms with Gasteiger partial charge in [0, 0.05) is 36.0 Å². The SMILES string of the molecule is CC(C(=O)c1ccc(Br)cc1)N1CCC(=O)CC1. The van der Waals surface area contributed by atoms with Crippen LogP contribution in [0.3, 0.4) is 0 Å². The molecular formula is C14H16BrNO2. The van der Waals surface area contributed by atoms with Gasteiger partial charge in [-0.15, -0.1) is 0 Å². The molecule has 1 fully saturated rings. The van der Waals surface area contributed by atoms with Crippen LogP contribution in [0.1, 0.15) is 30.1 Å². The maximum Gasteiger partial charge on any atom is 0.179 e. The van der Waals surface area contributed by atoms with E-state index in [1.165, 1.54) is 0 Å². The van der Waals surface area contributed by atoms with Crippen molar-refractivity contribution < 1.29 is 9.59 Å². The van der Waals surface area contributed by atoms with Crippen molar-refractivity contribution >= 4 is 27.5 Å². The first kappa shape index (κ1) is 13.4. The second kappa shape index (κ2) is 5.76. The number of halogens is 1. The molecule has 0 saturated carbocycles. The van der Waals surface area contributed by atoms with Gasteiger partial charge in [0.15, 0.2) is 5.78 Å². The zero-order valence-corrected chi connectivity index (χ0v) is 11.9. The first-order chi connectivity index (χ1) is 8.58. The molecule has 1 saturated heterocycles. The fourth-order valence-corrected chi connectivity index (χ4v) is 2.45. The Morgan fingerprint density at radius 3 is 2.33 bits per heavy atom. The van der Waals surface area contributed by atoms with Crippen molar-refractivity contribution in [2.45, 2.75) is 25.8 Å². The molecule has 1 atom stereocenters. The standard InChI is InChI=1S/C14H16BrNO2/c1-10(16-8-6-13(17)7-9-16)14(18)11-2-4-12(15)5-3-11/h2-5,10H,6-9H2,1H3. The number of benzene rings is 1. The van der Waals surface area contributed by atoms with Crippen molar-refractivity contribution in [3.63, 3.8) is 0 Å². The normalized spacial score (nSPS) is 18.7. The lowest BCUT2D eigenvalue weighted by Crippen LogP contribution is -2.44. The number of carbonyl (C=O) groups excluding carboxylic acids is 2. The van der Waals surface area contributed by atoms with Crippen LogP contribution in [0.2, 0.25) is 0 Å². The molecule has 1 aromatic rings. The average molecular weight is 310 g/mol. The molecule has 1 aliphatic heterocycles. The van der Waals surface area contributed by atoms with Crippen LogP contribution in [-0.2, 0) is 4.79 Å². The lowest BCUT2D eigenvalue weighted by Gasteiger charge is -2.30. The number of likely N-dealkylation sites (tertiary alicyclic amines) is 1. The van der Waals surface area contributed by atoms with Gasteiger partial charge in [0.25, 0.3) is 0 Å². The molecule has 1 unspecified atom stereocenters. The Morgan fingerprint density at radius 1 is 1.22 bits per heavy atom. The molecule has 1 aromatic carbocycles. The third-order valence-corrected chi connectivity index (χ3v) is 3.94. The van der Waals surface area contributed by atoms with Crippen molar-refractivity contribution in [2.75, 3.05) is 13.1 Å². The van der Waals surface area contributed by atoms with Crippen molar-refractivity contribution in [1.82, 2.24) is 4.90 Å². The summed E-state index contributed by atoms with van der Waals surface area (Å²) < 4.78 is 0.968. The van der Waals surface area contributed by atoms with E-state index >= 15 is 0 Å². The summed E-state index contributed by atoms with van der Waals surface area (Å²) in [6.07, 6.45) is 1.13. The molecule has 3 nitrogen and oxygen atoms in total. The van der Waals surface area contributed by atoms with Crippen LogP contribution in [-0.4, -0.2) is 35.6 Å². The van der Waals surface area contributed by atoms with E-state index in [2.05, 4.69) is 20.8 Å². The highest BCUT2D eigenvalue weighted by Crippen LogP contribution is 2.16. The minimum atomic E-state index is -0.153. The number of hydrogen-bond donors (Lipinski definition) is 0. The summed E-state index contributed by atoms with van der Waals surface area (Å²) in [5.74, 6) is 0.423. The van der Waals surface area contributed by atoms with Crippen LogP contribution in [0.5, 0.6) is 0 Å². The minimum Gasteiger partial charge on any atom is -0.300 e. The molecule has 0 bridgehead atoms. The number of piperidine rings is 1. The first-order valence-electron chi connectivity index (χ1n) is 6.13. The Kier molecular flexibility index (Phi) is 4.30. The van der Waals surface area contributed by atoms with Crippen LogP contribution >= 0.6 is 15.9 Å². The highest BCUT2D eigenvalue weighted by Gasteiger charge is 2.25. The number of carbonyl (C=O) groups is 2. The van der Waals surface area contributed by atoms with E-state index in [-0.39, 0.29) is 11.8 Å². The lowest BCUT2D eigenvalue weighted by molar-refractivity contribution is -0.121. The van der Waals surface area contributed by atoms with Gasteiger partial charge < -0.3 is 0 Å². The van der Waals surface area contributed by atoms with Gasteiger partial charge in [0.05, 0.1) is 6.04 Å². The molecule has 0 spiro atoms. The molecule has 18 heavy (non-hydrogen) atoms. The van der Waals surface area contributed by atoms with E-state index < -0.39 is 0 Å². The summed E-state index contributed by atoms with van der Waals surface area (Å²) >= 11 is 3.36. The Morgan fingerprint density at radius 2 is 1.78 bits per heavy atom. The average Bonchev–Trinajstić information content (AvgIpc) is 2.39. The molecule has 96 valence electrons. The number of nitrogens with zero attached hydrogens (tertiary/aromatic N) is 1. The molecule has 0 aromatic heterocycles. The zero-order chi connectivity index (χ0) is 13.1. The van der Waals surface area contributed by atoms with Crippen LogP contribution < -0.4 is 0 Å². The second-order valence-corrected chi connectivity index (χ2v) is 5.54. The van der Waals surface area contributed by atoms with Crippen LogP contribution in [0.15, 0.2) is 28.7 Å². The Bertz CT molecular complexity index is 445. The van der Waals surface area contributed by atoms with Gasteiger partial charge >= 0.3 is 0 Å². The Hall–Kier alpha value is -1.00. The third kappa shape index (κ3) is 3.06. The number of hydrogen-bond acceptors (Lipinski definition) is 3. The highest BCUT2D eigenvalue weighted by atomic mass is 79.9. The summed E-state index contributed by atoms with van der Waals surface area (Å²) in [5.41, 5.74) is 0.725. The Labute approximate surface area is 115 Å². The van der Waals surface area contributed by atoms with E-state index in [0.29, 0.717) is 31.7 Å². The monoisotopic (exact) mass is 309 g/mol. The van der Waals surface area contributed by atoms with Gasteiger partial charge in [-0.05, 0) is 19.1 Å². The molecule has 2 rings (SSSR count). The molecule has 4 heteroatoms. The summed E-state index contributed by atoms with van der Waals surface area (Å²) in [6, 6.07) is 7.26. The van der Waals surface area contributed by atoms with E-state index in [4.69, 9.17) is 0 Å². The van der Waals surface area contributed by atoms with E-state index in [0.717, 1.165) is 10.0 Å². The van der Waals surface area contributed by atoms with E-state index in [1.54, 1.807) is 0 Å². The molecule has 0 aliphatic carbocycles. The number of rotatable bonds is 3. The van der Waals surface area contributed by atoms with Gasteiger partial charge in [0.2, 0.25) is 0 Å². The minimum absolute atomic E-state index is 0.122. The molecular weight excluding hydrogens is 294 g/mol. The maximum absolute atomic E-state index is 12.3. The van der Waals surface area contributed by atoms with E-state index in [9.17, 15) is 9.59 Å². The topological polar surface area (TPSA) is 37.4 Å². The van der Waals surface area contributed by atoms with Crippen LogP contribution in [0.25, 0.3) is 0 Å². The van der Waals surface area contributed by atoms with Gasteiger partial charge in [-0.2, -0.15) is 0 Å². The predicted molar refractivity (Wildman–Crippen MR) is 73.7 cm³/mol. The summed E-state index contributed by atoms with van der Waals surface area (Å²) in [4.78, 5) is 25.6. The van der Waals surface area contributed by atoms with Gasteiger partial charge in [0.1, 0.15) is 5.78 Å². The fraction of sp³-hybridized carbons (Fsp3) is 0.429. The first-order valence-corrected chi connectivity index (χ1v) is 6.93. The second-order valence-electron chi connectivity index (χ2n) is 4.62. The van der Waals surface area contributed by atoms with Crippen molar-refractivity contribution in [3.05, 3.63) is 34.3 Å². The molecule has 1 heterocycles. The van der Waals surface area contributed by atoms with Crippen LogP contribution in [0.4, 0.5) is 0 Å². The molecule has 1 aliphatic rings. The zero-order valence-electron chi connectivity index (χ0n) is 10.4. The Balaban J connectivity index is 2.04. The van der Waals surface area contributed by atoms with Crippen molar-refractivity contribution in [3.8, 4) is 0 Å².